The SMILES string of the molecule is CC(=O)O.NC(=O)CCCCCN1C(=O)C=CC1=O. The number of carboxylic acid groups (broad SMARTS) is 1. The first-order valence-electron chi connectivity index (χ1n) is 5.86. The van der Waals surface area contributed by atoms with Crippen LogP contribution in [0.1, 0.15) is 32.6 Å². The molecular weight excluding hydrogens is 252 g/mol. The first kappa shape index (κ1) is 16.8. The van der Waals surface area contributed by atoms with E-state index in [-0.39, 0.29) is 17.7 Å². The second-order valence-corrected chi connectivity index (χ2v) is 3.96. The summed E-state index contributed by atoms with van der Waals surface area (Å²) in [5, 5.41) is 7.42. The third-order valence-corrected chi connectivity index (χ3v) is 2.21. The topological polar surface area (TPSA) is 118 Å². The van der Waals surface area contributed by atoms with E-state index in [1.54, 1.807) is 0 Å². The van der Waals surface area contributed by atoms with Crippen molar-refractivity contribution in [2.24, 2.45) is 5.73 Å². The molecule has 0 saturated carbocycles. The molecule has 106 valence electrons. The molecule has 1 rings (SSSR count). The summed E-state index contributed by atoms with van der Waals surface area (Å²) in [6.07, 6.45) is 5.11. The molecule has 0 spiro atoms. The quantitative estimate of drug-likeness (QED) is 0.522. The van der Waals surface area contributed by atoms with Crippen molar-refractivity contribution in [1.82, 2.24) is 4.90 Å². The molecule has 0 aliphatic carbocycles. The summed E-state index contributed by atoms with van der Waals surface area (Å²) in [6, 6.07) is 0. The Morgan fingerprint density at radius 1 is 1.16 bits per heavy atom. The zero-order chi connectivity index (χ0) is 14.8. The van der Waals surface area contributed by atoms with Gasteiger partial charge in [-0.05, 0) is 12.8 Å². The van der Waals surface area contributed by atoms with Gasteiger partial charge in [0.15, 0.2) is 0 Å². The predicted molar refractivity (Wildman–Crippen MR) is 66.8 cm³/mol. The van der Waals surface area contributed by atoms with Crippen LogP contribution in [0.4, 0.5) is 0 Å². The Hall–Kier alpha value is -2.18. The third kappa shape index (κ3) is 8.53. The number of carboxylic acids is 1. The van der Waals surface area contributed by atoms with E-state index in [2.05, 4.69) is 0 Å². The fraction of sp³-hybridized carbons (Fsp3) is 0.500. The van der Waals surface area contributed by atoms with Gasteiger partial charge in [0.2, 0.25) is 5.91 Å². The van der Waals surface area contributed by atoms with Crippen LogP contribution in [0, 0.1) is 0 Å². The summed E-state index contributed by atoms with van der Waals surface area (Å²) >= 11 is 0. The minimum absolute atomic E-state index is 0.255. The number of hydrogen-bond donors (Lipinski definition) is 2. The van der Waals surface area contributed by atoms with Gasteiger partial charge in [0.05, 0.1) is 0 Å². The summed E-state index contributed by atoms with van der Waals surface area (Å²) in [4.78, 5) is 42.8. The predicted octanol–water partition coefficient (Wildman–Crippen LogP) is 0.0480. The van der Waals surface area contributed by atoms with Gasteiger partial charge in [-0.3, -0.25) is 24.1 Å². The Kier molecular flexibility index (Phi) is 7.83. The molecule has 1 aliphatic heterocycles. The monoisotopic (exact) mass is 270 g/mol. The first-order valence-corrected chi connectivity index (χ1v) is 5.86. The lowest BCUT2D eigenvalue weighted by Crippen LogP contribution is -2.30. The van der Waals surface area contributed by atoms with E-state index in [1.165, 1.54) is 17.1 Å². The van der Waals surface area contributed by atoms with Crippen molar-refractivity contribution < 1.29 is 24.3 Å². The van der Waals surface area contributed by atoms with Crippen molar-refractivity contribution in [2.45, 2.75) is 32.6 Å². The lowest BCUT2D eigenvalue weighted by atomic mass is 10.2. The number of amides is 3. The number of nitrogens with zero attached hydrogens (tertiary/aromatic N) is 1. The number of imide groups is 1. The average molecular weight is 270 g/mol. The minimum Gasteiger partial charge on any atom is -0.481 e. The maximum atomic E-state index is 11.1. The number of nitrogens with two attached hydrogens (primary N) is 1. The molecule has 3 amide bonds. The molecule has 0 aromatic rings. The van der Waals surface area contributed by atoms with Crippen LogP contribution in [0.15, 0.2) is 12.2 Å². The van der Waals surface area contributed by atoms with Crippen LogP contribution >= 0.6 is 0 Å². The molecule has 19 heavy (non-hydrogen) atoms. The minimum atomic E-state index is -0.833. The van der Waals surface area contributed by atoms with Gasteiger partial charge in [-0.1, -0.05) is 6.42 Å². The molecule has 0 unspecified atom stereocenters. The lowest BCUT2D eigenvalue weighted by molar-refractivity contribution is -0.137. The van der Waals surface area contributed by atoms with Crippen LogP contribution in [0.3, 0.4) is 0 Å². The number of aliphatic carboxylic acids is 1. The molecule has 1 aliphatic rings. The van der Waals surface area contributed by atoms with Gasteiger partial charge in [-0.25, -0.2) is 0 Å². The first-order chi connectivity index (χ1) is 8.84. The molecule has 0 bridgehead atoms. The number of unbranched alkanes of at least 4 members (excludes halogenated alkanes) is 2. The van der Waals surface area contributed by atoms with Crippen molar-refractivity contribution in [3.8, 4) is 0 Å². The second-order valence-electron chi connectivity index (χ2n) is 3.96. The van der Waals surface area contributed by atoms with Gasteiger partial charge < -0.3 is 10.8 Å². The van der Waals surface area contributed by atoms with Crippen molar-refractivity contribution in [3.63, 3.8) is 0 Å². The third-order valence-electron chi connectivity index (χ3n) is 2.21. The molecule has 0 saturated heterocycles. The number of hydrogen-bond acceptors (Lipinski definition) is 4. The normalized spacial score (nSPS) is 13.2. The van der Waals surface area contributed by atoms with E-state index >= 15 is 0 Å². The maximum Gasteiger partial charge on any atom is 0.300 e. The van der Waals surface area contributed by atoms with E-state index in [9.17, 15) is 14.4 Å². The Bertz CT molecular complexity index is 368. The van der Waals surface area contributed by atoms with Gasteiger partial charge in [-0.2, -0.15) is 0 Å². The molecule has 1 heterocycles. The largest absolute Gasteiger partial charge is 0.481 e. The van der Waals surface area contributed by atoms with Gasteiger partial charge in [0.1, 0.15) is 0 Å². The average Bonchev–Trinajstić information content (AvgIpc) is 2.58. The number of carbonyl (C=O) groups is 4. The lowest BCUT2D eigenvalue weighted by Gasteiger charge is -2.12. The van der Waals surface area contributed by atoms with Crippen LogP contribution in [0.2, 0.25) is 0 Å². The zero-order valence-corrected chi connectivity index (χ0v) is 10.8. The van der Waals surface area contributed by atoms with Crippen LogP contribution in [0.25, 0.3) is 0 Å². The second kappa shape index (κ2) is 8.84. The van der Waals surface area contributed by atoms with Crippen molar-refractivity contribution in [3.05, 3.63) is 12.2 Å². The molecule has 0 atom stereocenters. The van der Waals surface area contributed by atoms with Crippen molar-refractivity contribution in [1.29, 1.82) is 0 Å². The van der Waals surface area contributed by atoms with Crippen LogP contribution in [-0.4, -0.2) is 40.2 Å². The van der Waals surface area contributed by atoms with E-state index in [0.29, 0.717) is 25.8 Å². The summed E-state index contributed by atoms with van der Waals surface area (Å²) in [7, 11) is 0. The van der Waals surface area contributed by atoms with Crippen LogP contribution < -0.4 is 5.73 Å². The molecule has 7 nitrogen and oxygen atoms in total. The van der Waals surface area contributed by atoms with E-state index in [4.69, 9.17) is 15.6 Å². The van der Waals surface area contributed by atoms with Crippen molar-refractivity contribution in [2.75, 3.05) is 6.54 Å². The number of rotatable bonds is 6. The highest BCUT2D eigenvalue weighted by Gasteiger charge is 2.21. The van der Waals surface area contributed by atoms with E-state index < -0.39 is 5.97 Å². The smallest absolute Gasteiger partial charge is 0.300 e. The molecular formula is C12H18N2O5. The Balaban J connectivity index is 0.000000711. The molecule has 0 radical (unpaired) electrons. The van der Waals surface area contributed by atoms with Crippen LogP contribution in [-0.2, 0) is 19.2 Å². The Morgan fingerprint density at radius 3 is 2.05 bits per heavy atom. The van der Waals surface area contributed by atoms with Gasteiger partial charge in [0, 0.05) is 32.0 Å². The summed E-state index contributed by atoms with van der Waals surface area (Å²) in [5.41, 5.74) is 4.97. The molecule has 0 fully saturated rings. The molecule has 0 aromatic carbocycles. The fourth-order valence-electron chi connectivity index (χ4n) is 1.40. The summed E-state index contributed by atoms with van der Waals surface area (Å²) < 4.78 is 0. The molecule has 7 heteroatoms. The highest BCUT2D eigenvalue weighted by Crippen LogP contribution is 2.07. The Morgan fingerprint density at radius 2 is 1.63 bits per heavy atom. The summed E-state index contributed by atoms with van der Waals surface area (Å²) in [5.74, 6) is -1.66. The van der Waals surface area contributed by atoms with E-state index in [1.807, 2.05) is 0 Å². The standard InChI is InChI=1S/C10H14N2O3.C2H4O2/c11-8(13)4-2-1-3-7-12-9(14)5-6-10(12)15;1-2(3)4/h5-6H,1-4,7H2,(H2,11,13);1H3,(H,3,4). The highest BCUT2D eigenvalue weighted by atomic mass is 16.4. The Labute approximate surface area is 111 Å². The highest BCUT2D eigenvalue weighted by molar-refractivity contribution is 6.12. The van der Waals surface area contributed by atoms with Gasteiger partial charge in [-0.15, -0.1) is 0 Å². The molecule has 0 aromatic heterocycles. The summed E-state index contributed by atoms with van der Waals surface area (Å²) in [6.45, 7) is 1.50. The zero-order valence-electron chi connectivity index (χ0n) is 10.8. The van der Waals surface area contributed by atoms with E-state index in [0.717, 1.165) is 13.3 Å². The van der Waals surface area contributed by atoms with Crippen LogP contribution in [0.5, 0.6) is 0 Å². The number of carbonyl (C=O) groups excluding carboxylic acids is 3. The number of primary amides is 1. The van der Waals surface area contributed by atoms with Crippen molar-refractivity contribution >= 4 is 23.7 Å². The van der Waals surface area contributed by atoms with Gasteiger partial charge in [0.25, 0.3) is 17.8 Å². The maximum absolute atomic E-state index is 11.1. The fourth-order valence-corrected chi connectivity index (χ4v) is 1.40. The molecule has 3 N–H and O–H groups in total. The van der Waals surface area contributed by atoms with Gasteiger partial charge >= 0.3 is 0 Å².